The largest absolute Gasteiger partial charge is 0.497 e. The highest BCUT2D eigenvalue weighted by Crippen LogP contribution is 2.60. The minimum atomic E-state index is -2.25. The summed E-state index contributed by atoms with van der Waals surface area (Å²) in [6, 6.07) is 34.7. The number of piperidine rings is 1. The Morgan fingerprint density at radius 3 is 2.23 bits per heavy atom. The Hall–Kier alpha value is -4.48. The molecule has 0 saturated carbocycles. The molecule has 2 spiro atoms. The van der Waals surface area contributed by atoms with Gasteiger partial charge in [-0.15, -0.1) is 0 Å². The fourth-order valence-corrected chi connectivity index (χ4v) is 14.0. The van der Waals surface area contributed by atoms with Gasteiger partial charge in [0.1, 0.15) is 11.3 Å². The second kappa shape index (κ2) is 13.7. The number of carbonyl (C=O) groups is 2. The number of anilines is 3. The molecule has 4 aliphatic rings. The summed E-state index contributed by atoms with van der Waals surface area (Å²) < 4.78 is 12.5. The second-order valence-electron chi connectivity index (χ2n) is 15.7. The Bertz CT molecular complexity index is 1970. The number of para-hydroxylation sites is 2. The molecule has 8 rings (SSSR count). The zero-order chi connectivity index (χ0) is 37.0. The van der Waals surface area contributed by atoms with Crippen molar-refractivity contribution in [1.29, 1.82) is 0 Å². The zero-order valence-corrected chi connectivity index (χ0v) is 32.1. The molecule has 2 N–H and O–H groups in total. The Balaban J connectivity index is 1.08. The molecule has 0 unspecified atom stereocenters. The van der Waals surface area contributed by atoms with E-state index in [-0.39, 0.29) is 36.0 Å². The number of nitrogens with one attached hydrogen (secondary N) is 1. The van der Waals surface area contributed by atoms with Crippen LogP contribution in [0.5, 0.6) is 5.75 Å². The van der Waals surface area contributed by atoms with E-state index in [1.807, 2.05) is 88.7 Å². The van der Waals surface area contributed by atoms with Crippen molar-refractivity contribution in [2.45, 2.75) is 68.6 Å². The van der Waals surface area contributed by atoms with Gasteiger partial charge in [0.15, 0.2) is 5.60 Å². The van der Waals surface area contributed by atoms with Crippen LogP contribution in [0.15, 0.2) is 103 Å². The summed E-state index contributed by atoms with van der Waals surface area (Å²) in [6.45, 7) is 9.35. The number of hydrogen-bond acceptors (Lipinski definition) is 7. The first-order valence-electron chi connectivity index (χ1n) is 18.9. The molecule has 9 nitrogen and oxygen atoms in total. The summed E-state index contributed by atoms with van der Waals surface area (Å²) in [5, 5.41) is 14.9. The molecule has 276 valence electrons. The summed E-state index contributed by atoms with van der Waals surface area (Å²) in [5.74, 6) is 0.774. The maximum Gasteiger partial charge on any atom is 0.264 e. The van der Waals surface area contributed by atoms with Gasteiger partial charge in [0.25, 0.3) is 11.8 Å². The lowest BCUT2D eigenvalue weighted by Crippen LogP contribution is -2.55. The van der Waals surface area contributed by atoms with Crippen molar-refractivity contribution in [3.05, 3.63) is 114 Å². The van der Waals surface area contributed by atoms with Crippen LogP contribution in [0.2, 0.25) is 18.6 Å². The van der Waals surface area contributed by atoms with Crippen LogP contribution < -0.4 is 29.9 Å². The molecule has 4 heterocycles. The highest BCUT2D eigenvalue weighted by atomic mass is 28.3. The van der Waals surface area contributed by atoms with E-state index in [2.05, 4.69) is 54.5 Å². The third kappa shape index (κ3) is 5.61. The fraction of sp³-hybridized carbons (Fsp3) is 0.395. The van der Waals surface area contributed by atoms with Crippen molar-refractivity contribution in [2.24, 2.45) is 5.92 Å². The van der Waals surface area contributed by atoms with Gasteiger partial charge < -0.3 is 29.7 Å². The van der Waals surface area contributed by atoms with E-state index < -0.39 is 19.2 Å². The lowest BCUT2D eigenvalue weighted by molar-refractivity contribution is -0.146. The highest BCUT2D eigenvalue weighted by Gasteiger charge is 2.66. The van der Waals surface area contributed by atoms with Gasteiger partial charge in [-0.3, -0.25) is 14.5 Å². The maximum atomic E-state index is 15.0. The van der Waals surface area contributed by atoms with Gasteiger partial charge >= 0.3 is 0 Å². The molecule has 3 fully saturated rings. The smallest absolute Gasteiger partial charge is 0.264 e. The number of carbonyl (C=O) groups excluding carboxylic acids is 2. The van der Waals surface area contributed by atoms with Crippen molar-refractivity contribution in [1.82, 2.24) is 5.32 Å². The first-order valence-corrected chi connectivity index (χ1v) is 22.0. The van der Waals surface area contributed by atoms with E-state index >= 15 is 0 Å². The minimum absolute atomic E-state index is 0.0103. The van der Waals surface area contributed by atoms with Crippen LogP contribution in [0.25, 0.3) is 0 Å². The first-order chi connectivity index (χ1) is 25.7. The lowest BCUT2D eigenvalue weighted by Gasteiger charge is -2.39. The van der Waals surface area contributed by atoms with Crippen molar-refractivity contribution < 1.29 is 24.2 Å². The van der Waals surface area contributed by atoms with Crippen LogP contribution in [0, 0.1) is 5.92 Å². The molecule has 53 heavy (non-hydrogen) atoms. The molecule has 0 radical (unpaired) electrons. The average molecular weight is 731 g/mol. The Kier molecular flexibility index (Phi) is 9.21. The van der Waals surface area contributed by atoms with E-state index in [0.717, 1.165) is 59.9 Å². The number of amides is 2. The number of aliphatic hydroxyl groups is 1. The van der Waals surface area contributed by atoms with Gasteiger partial charge in [0.2, 0.25) is 0 Å². The lowest BCUT2D eigenvalue weighted by atomic mass is 9.82. The summed E-state index contributed by atoms with van der Waals surface area (Å²) in [4.78, 5) is 35.3. The maximum absolute atomic E-state index is 15.0. The quantitative estimate of drug-likeness (QED) is 0.211. The molecule has 4 atom stereocenters. The Labute approximate surface area is 313 Å². The molecule has 4 aromatic rings. The summed E-state index contributed by atoms with van der Waals surface area (Å²) in [5.41, 5.74) is 3.01. The number of ether oxygens (including phenoxy) is 2. The van der Waals surface area contributed by atoms with E-state index in [1.165, 1.54) is 5.19 Å². The molecule has 10 heteroatoms. The Morgan fingerprint density at radius 1 is 0.868 bits per heavy atom. The number of benzene rings is 4. The molecule has 0 aromatic heterocycles. The molecule has 0 bridgehead atoms. The minimum Gasteiger partial charge on any atom is -0.497 e. The first kappa shape index (κ1) is 35.5. The van der Waals surface area contributed by atoms with Gasteiger partial charge in [-0.2, -0.15) is 0 Å². The van der Waals surface area contributed by atoms with Crippen LogP contribution in [0.3, 0.4) is 0 Å². The topological polar surface area (TPSA) is 94.6 Å². The summed E-state index contributed by atoms with van der Waals surface area (Å²) in [6.07, 6.45) is 1.71. The number of rotatable bonds is 9. The zero-order valence-electron chi connectivity index (χ0n) is 31.1. The van der Waals surface area contributed by atoms with E-state index in [0.29, 0.717) is 19.6 Å². The molecule has 4 aromatic carbocycles. The second-order valence-corrected chi connectivity index (χ2v) is 20.4. The van der Waals surface area contributed by atoms with Crippen LogP contribution in [0.4, 0.5) is 17.1 Å². The van der Waals surface area contributed by atoms with Crippen molar-refractivity contribution in [3.63, 3.8) is 0 Å². The van der Waals surface area contributed by atoms with E-state index in [1.54, 1.807) is 7.11 Å². The van der Waals surface area contributed by atoms with Gasteiger partial charge in [0.05, 0.1) is 40.2 Å². The molecule has 3 saturated heterocycles. The molecule has 0 aliphatic carbocycles. The standard InChI is InChI=1S/C43H50N4O5Si/c1-30-39(53(3,4)35-20-18-34(51-2)19-21-35)38(22-27-48)52-43(30)36-12-8-9-13-37(36)45(41(43)50)28-31-14-16-32(17-15-31)46-29-47(33-10-6-5-7-11-33)42(40(46)49)23-25-44-26-24-42/h5-21,30,38-39,44,48H,22-29H2,1-4H3/t30-,38+,39-,43+/m1/s1. The number of hydrogen-bond donors (Lipinski definition) is 2. The van der Waals surface area contributed by atoms with Crippen molar-refractivity contribution >= 4 is 42.1 Å². The number of nitrogens with zero attached hydrogens (tertiary/aromatic N) is 3. The molecule has 2 amide bonds. The number of methoxy groups -OCH3 is 1. The molecular weight excluding hydrogens is 681 g/mol. The third-order valence-corrected chi connectivity index (χ3v) is 17.0. The SMILES string of the molecule is COc1ccc([Si](C)(C)[C@H]2[C@H](CCO)O[C@@]3(C(=O)N(Cc4ccc(N5CN(c6ccccc6)C6(CCNCC6)C5=O)cc4)c4ccccc43)[C@@H]2C)cc1. The van der Waals surface area contributed by atoms with Crippen LogP contribution >= 0.6 is 0 Å². The Morgan fingerprint density at radius 2 is 1.55 bits per heavy atom. The number of aliphatic hydroxyl groups excluding tert-OH is 1. The normalized spacial score (nSPS) is 25.2. The monoisotopic (exact) mass is 730 g/mol. The van der Waals surface area contributed by atoms with Crippen molar-refractivity contribution in [3.8, 4) is 5.75 Å². The molecular formula is C43H50N4O5Si. The highest BCUT2D eigenvalue weighted by molar-refractivity contribution is 6.91. The van der Waals surface area contributed by atoms with Gasteiger partial charge in [-0.05, 0) is 85.9 Å². The van der Waals surface area contributed by atoms with Gasteiger partial charge in [0, 0.05) is 29.5 Å². The number of fused-ring (bicyclic) bond motifs is 2. The fourth-order valence-electron chi connectivity index (χ4n) is 9.95. The van der Waals surface area contributed by atoms with Gasteiger partial charge in [-0.1, -0.05) is 85.9 Å². The summed E-state index contributed by atoms with van der Waals surface area (Å²) >= 11 is 0. The van der Waals surface area contributed by atoms with E-state index in [4.69, 9.17) is 9.47 Å². The van der Waals surface area contributed by atoms with Crippen LogP contribution in [-0.2, 0) is 26.5 Å². The average Bonchev–Trinajstić information content (AvgIpc) is 3.73. The predicted molar refractivity (Wildman–Crippen MR) is 211 cm³/mol. The van der Waals surface area contributed by atoms with Crippen molar-refractivity contribution in [2.75, 3.05) is 48.2 Å². The van der Waals surface area contributed by atoms with Crippen LogP contribution in [-0.4, -0.2) is 70.1 Å². The van der Waals surface area contributed by atoms with E-state index in [9.17, 15) is 14.7 Å². The van der Waals surface area contributed by atoms with Crippen LogP contribution in [0.1, 0.15) is 37.3 Å². The third-order valence-electron chi connectivity index (χ3n) is 12.7. The van der Waals surface area contributed by atoms with Gasteiger partial charge in [-0.25, -0.2) is 0 Å². The molecule has 4 aliphatic heterocycles. The summed E-state index contributed by atoms with van der Waals surface area (Å²) in [7, 11) is -0.581. The predicted octanol–water partition coefficient (Wildman–Crippen LogP) is 5.77.